The Bertz CT molecular complexity index is 2110. The maximum Gasteiger partial charge on any atom is 0.126 e. The van der Waals surface area contributed by atoms with Gasteiger partial charge in [-0.05, 0) is 111 Å². The minimum atomic E-state index is -0.183. The summed E-state index contributed by atoms with van der Waals surface area (Å²) in [5.74, 6) is 0. The van der Waals surface area contributed by atoms with Crippen molar-refractivity contribution in [1.29, 1.82) is 0 Å². The van der Waals surface area contributed by atoms with Gasteiger partial charge in [-0.2, -0.15) is 0 Å². The van der Waals surface area contributed by atoms with Crippen molar-refractivity contribution in [2.45, 2.75) is 58.7 Å². The van der Waals surface area contributed by atoms with Crippen LogP contribution in [0.5, 0.6) is 0 Å². The number of nitrogens with one attached hydrogen (secondary N) is 1. The summed E-state index contributed by atoms with van der Waals surface area (Å²) < 4.78 is 0. The molecule has 2 aliphatic carbocycles. The van der Waals surface area contributed by atoms with Crippen molar-refractivity contribution >= 4 is 29.0 Å². The van der Waals surface area contributed by atoms with Crippen LogP contribution in [0.15, 0.2) is 145 Å². The molecule has 1 atom stereocenters. The van der Waals surface area contributed by atoms with Crippen molar-refractivity contribution in [3.8, 4) is 11.1 Å². The molecule has 0 amide bonds. The number of allylic oxidation sites excluding steroid dienone is 5. The number of benzene rings is 5. The highest BCUT2D eigenvalue weighted by Crippen LogP contribution is 2.42. The molecule has 5 aromatic carbocycles. The summed E-state index contributed by atoms with van der Waals surface area (Å²) in [6, 6.07) is 41.3. The summed E-state index contributed by atoms with van der Waals surface area (Å²) in [5.41, 5.74) is 18.0. The first-order chi connectivity index (χ1) is 24.6. The van der Waals surface area contributed by atoms with E-state index < -0.39 is 0 Å². The highest BCUT2D eigenvalue weighted by atomic mass is 15.1. The van der Waals surface area contributed by atoms with Crippen molar-refractivity contribution in [2.24, 2.45) is 4.99 Å². The first kappa shape index (κ1) is 33.2. The molecular weight excluding hydrogens is 605 g/mol. The van der Waals surface area contributed by atoms with Gasteiger partial charge in [0.2, 0.25) is 0 Å². The lowest BCUT2D eigenvalue weighted by Crippen LogP contribution is -2.21. The van der Waals surface area contributed by atoms with Crippen LogP contribution in [0.4, 0.5) is 0 Å². The molecule has 0 aromatic heterocycles. The molecule has 0 saturated heterocycles. The molecule has 0 radical (unpaired) electrons. The predicted molar refractivity (Wildman–Crippen MR) is 215 cm³/mol. The van der Waals surface area contributed by atoms with Crippen LogP contribution >= 0.6 is 0 Å². The van der Waals surface area contributed by atoms with E-state index in [0.29, 0.717) is 6.54 Å². The lowest BCUT2D eigenvalue weighted by Gasteiger charge is -2.24. The Morgan fingerprint density at radius 3 is 2.20 bits per heavy atom. The van der Waals surface area contributed by atoms with E-state index in [2.05, 4.69) is 165 Å². The summed E-state index contributed by atoms with van der Waals surface area (Å²) >= 11 is 0. The Morgan fingerprint density at radius 1 is 0.760 bits per heavy atom. The Labute approximate surface area is 298 Å². The van der Waals surface area contributed by atoms with Gasteiger partial charge in [0.1, 0.15) is 6.17 Å². The SMILES string of the molecule is C=Cc1cccc(C2=CC=C(c3cccc4c3CCC=C4)CC2)c1-c1c(C)cccc1CNC(/N=C(\CC)c1ccccc1)c1ccccc1. The maximum atomic E-state index is 5.33. The van der Waals surface area contributed by atoms with Gasteiger partial charge in [0.15, 0.2) is 0 Å². The molecule has 0 bridgehead atoms. The van der Waals surface area contributed by atoms with Crippen molar-refractivity contribution in [3.05, 3.63) is 190 Å². The average Bonchev–Trinajstić information content (AvgIpc) is 3.18. The topological polar surface area (TPSA) is 24.4 Å². The van der Waals surface area contributed by atoms with Crippen LogP contribution in [0.1, 0.15) is 88.8 Å². The van der Waals surface area contributed by atoms with Gasteiger partial charge in [0, 0.05) is 12.3 Å². The van der Waals surface area contributed by atoms with Gasteiger partial charge in [-0.15, -0.1) is 0 Å². The average molecular weight is 651 g/mol. The Kier molecular flexibility index (Phi) is 10.3. The molecule has 0 spiro atoms. The number of hydrogen-bond acceptors (Lipinski definition) is 2. The van der Waals surface area contributed by atoms with Crippen LogP contribution in [0.3, 0.4) is 0 Å². The second-order valence-corrected chi connectivity index (χ2v) is 13.3. The molecule has 0 fully saturated rings. The zero-order valence-corrected chi connectivity index (χ0v) is 29.3. The van der Waals surface area contributed by atoms with E-state index in [1.54, 1.807) is 0 Å². The monoisotopic (exact) mass is 650 g/mol. The van der Waals surface area contributed by atoms with E-state index in [1.165, 1.54) is 61.2 Å². The second-order valence-electron chi connectivity index (χ2n) is 13.3. The van der Waals surface area contributed by atoms with Crippen molar-refractivity contribution in [2.75, 3.05) is 0 Å². The third-order valence-corrected chi connectivity index (χ3v) is 10.2. The largest absolute Gasteiger partial charge is 0.288 e. The number of hydrogen-bond donors (Lipinski definition) is 1. The number of fused-ring (bicyclic) bond motifs is 1. The van der Waals surface area contributed by atoms with E-state index in [1.807, 2.05) is 6.08 Å². The zero-order chi connectivity index (χ0) is 34.3. The van der Waals surface area contributed by atoms with Crippen LogP contribution in [0.2, 0.25) is 0 Å². The van der Waals surface area contributed by atoms with Gasteiger partial charge in [0.05, 0.1) is 0 Å². The summed E-state index contributed by atoms with van der Waals surface area (Å²) in [6.07, 6.45) is 16.3. The van der Waals surface area contributed by atoms with E-state index in [9.17, 15) is 0 Å². The lowest BCUT2D eigenvalue weighted by atomic mass is 9.81. The fourth-order valence-corrected chi connectivity index (χ4v) is 7.62. The molecule has 0 heterocycles. The minimum absolute atomic E-state index is 0.183. The molecule has 50 heavy (non-hydrogen) atoms. The zero-order valence-electron chi connectivity index (χ0n) is 29.3. The molecule has 0 saturated carbocycles. The van der Waals surface area contributed by atoms with Crippen LogP contribution in [-0.4, -0.2) is 5.71 Å². The summed E-state index contributed by atoms with van der Waals surface area (Å²) in [7, 11) is 0. The number of rotatable bonds is 11. The molecular formula is C48H46N2. The summed E-state index contributed by atoms with van der Waals surface area (Å²) in [6.45, 7) is 9.36. The first-order valence-corrected chi connectivity index (χ1v) is 18.1. The van der Waals surface area contributed by atoms with Crippen LogP contribution in [0, 0.1) is 6.92 Å². The third-order valence-electron chi connectivity index (χ3n) is 10.2. The molecule has 7 rings (SSSR count). The predicted octanol–water partition coefficient (Wildman–Crippen LogP) is 12.2. The van der Waals surface area contributed by atoms with E-state index in [0.717, 1.165) is 48.9 Å². The van der Waals surface area contributed by atoms with Crippen LogP contribution in [0.25, 0.3) is 34.4 Å². The molecule has 1 unspecified atom stereocenters. The van der Waals surface area contributed by atoms with Crippen LogP contribution < -0.4 is 5.32 Å². The number of nitrogens with zero attached hydrogens (tertiary/aromatic N) is 1. The van der Waals surface area contributed by atoms with E-state index in [4.69, 9.17) is 4.99 Å². The molecule has 2 heteroatoms. The molecule has 248 valence electrons. The van der Waals surface area contributed by atoms with Crippen LogP contribution in [-0.2, 0) is 13.0 Å². The summed E-state index contributed by atoms with van der Waals surface area (Å²) in [5, 5.41) is 3.87. The fourth-order valence-electron chi connectivity index (χ4n) is 7.62. The molecule has 0 aliphatic heterocycles. The molecule has 2 nitrogen and oxygen atoms in total. The highest BCUT2D eigenvalue weighted by Gasteiger charge is 2.21. The molecule has 2 aliphatic rings. The molecule has 1 N–H and O–H groups in total. The van der Waals surface area contributed by atoms with E-state index >= 15 is 0 Å². The highest BCUT2D eigenvalue weighted by molar-refractivity contribution is 6.00. The minimum Gasteiger partial charge on any atom is -0.288 e. The number of aliphatic imine (C=N–C) groups is 1. The Hall–Kier alpha value is -5.31. The van der Waals surface area contributed by atoms with Crippen molar-refractivity contribution < 1.29 is 0 Å². The third kappa shape index (κ3) is 7.04. The fraction of sp³-hybridized carbons (Fsp3) is 0.188. The van der Waals surface area contributed by atoms with Gasteiger partial charge in [-0.25, -0.2) is 0 Å². The smallest absolute Gasteiger partial charge is 0.126 e. The normalized spacial score (nSPS) is 14.8. The van der Waals surface area contributed by atoms with Gasteiger partial charge >= 0.3 is 0 Å². The van der Waals surface area contributed by atoms with E-state index in [-0.39, 0.29) is 6.17 Å². The van der Waals surface area contributed by atoms with Gasteiger partial charge < -0.3 is 0 Å². The standard InChI is InChI=1S/C48H46N2/c1-4-35-23-15-28-44(38-31-29-37(30-32-38)43-27-16-24-36-18-12-13-26-42(36)43)47(35)46-34(3)17-14-25-41(46)33-49-48(40-21-10-7-11-22-40)50-45(5-2)39-19-8-6-9-20-39/h4,6-12,14-25,27-29,31,48-49H,1,5,13,26,30,32-33H2,2-3H3/b50-45+. The molecule has 5 aromatic rings. The maximum absolute atomic E-state index is 5.33. The van der Waals surface area contributed by atoms with Crippen molar-refractivity contribution in [1.82, 2.24) is 5.32 Å². The Morgan fingerprint density at radius 2 is 1.46 bits per heavy atom. The van der Waals surface area contributed by atoms with Gasteiger partial charge in [0.25, 0.3) is 0 Å². The quantitative estimate of drug-likeness (QED) is 0.141. The van der Waals surface area contributed by atoms with Gasteiger partial charge in [-0.1, -0.05) is 159 Å². The number of aryl methyl sites for hydroxylation is 1. The van der Waals surface area contributed by atoms with Crippen molar-refractivity contribution in [3.63, 3.8) is 0 Å². The first-order valence-electron chi connectivity index (χ1n) is 18.1. The summed E-state index contributed by atoms with van der Waals surface area (Å²) in [4.78, 5) is 5.33. The van der Waals surface area contributed by atoms with Gasteiger partial charge in [-0.3, -0.25) is 10.3 Å². The Balaban J connectivity index is 1.25. The second kappa shape index (κ2) is 15.5. The lowest BCUT2D eigenvalue weighted by molar-refractivity contribution is 0.554.